The molecule has 6 nitrogen and oxygen atoms in total. The molecule has 0 saturated heterocycles. The fourth-order valence-electron chi connectivity index (χ4n) is 3.03. The summed E-state index contributed by atoms with van der Waals surface area (Å²) in [6.45, 7) is 3.44. The topological polar surface area (TPSA) is 97.5 Å². The molecule has 4 N–H and O–H groups in total. The number of anilines is 1. The lowest BCUT2D eigenvalue weighted by atomic mass is 10.0. The Morgan fingerprint density at radius 2 is 1.88 bits per heavy atom. The molecule has 0 spiro atoms. The van der Waals surface area contributed by atoms with Crippen molar-refractivity contribution in [3.8, 4) is 16.9 Å². The zero-order chi connectivity index (χ0) is 23.4. The predicted molar refractivity (Wildman–Crippen MR) is 124 cm³/mol. The maximum Gasteiger partial charge on any atom is 0.251 e. The van der Waals surface area contributed by atoms with E-state index in [1.807, 2.05) is 0 Å². The van der Waals surface area contributed by atoms with Gasteiger partial charge in [-0.25, -0.2) is 9.37 Å². The van der Waals surface area contributed by atoms with Gasteiger partial charge in [-0.1, -0.05) is 35.3 Å². The number of rotatable bonds is 7. The van der Waals surface area contributed by atoms with Crippen LogP contribution in [-0.4, -0.2) is 28.6 Å². The van der Waals surface area contributed by atoms with Crippen molar-refractivity contribution in [2.45, 2.75) is 26.1 Å². The van der Waals surface area contributed by atoms with Gasteiger partial charge < -0.3 is 20.9 Å². The number of aromatic nitrogens is 1. The van der Waals surface area contributed by atoms with Crippen LogP contribution in [0.3, 0.4) is 0 Å². The molecule has 1 amide bonds. The van der Waals surface area contributed by atoms with E-state index < -0.39 is 18.0 Å². The molecule has 0 fully saturated rings. The van der Waals surface area contributed by atoms with Gasteiger partial charge in [0.25, 0.3) is 5.91 Å². The van der Waals surface area contributed by atoms with Crippen LogP contribution < -0.4 is 15.8 Å². The first-order chi connectivity index (χ1) is 15.2. The van der Waals surface area contributed by atoms with Crippen LogP contribution in [0.1, 0.15) is 35.9 Å². The average Bonchev–Trinajstić information content (AvgIpc) is 2.76. The van der Waals surface area contributed by atoms with Crippen molar-refractivity contribution in [1.82, 2.24) is 10.3 Å². The fourth-order valence-corrected chi connectivity index (χ4v) is 3.71. The third-order valence-electron chi connectivity index (χ3n) is 4.71. The largest absolute Gasteiger partial charge is 0.482 e. The number of carbonyl (C=O) groups excluding carboxylic acids is 1. The number of nitrogens with zero attached hydrogens (tertiary/aromatic N) is 1. The van der Waals surface area contributed by atoms with Crippen molar-refractivity contribution in [2.24, 2.45) is 0 Å². The van der Waals surface area contributed by atoms with Gasteiger partial charge in [-0.3, -0.25) is 4.79 Å². The molecule has 0 aliphatic rings. The van der Waals surface area contributed by atoms with E-state index in [1.54, 1.807) is 50.4 Å². The molecule has 0 saturated carbocycles. The molecule has 3 aromatic rings. The SMILES string of the molecule is CC(O)CNC(=O)c1ccc(-c2cnc(N)c(OC(C)c3c(Cl)ccc(F)c3Cl)c2)cc1. The van der Waals surface area contributed by atoms with E-state index in [1.165, 1.54) is 12.1 Å². The smallest absolute Gasteiger partial charge is 0.251 e. The van der Waals surface area contributed by atoms with Crippen LogP contribution in [0.25, 0.3) is 11.1 Å². The summed E-state index contributed by atoms with van der Waals surface area (Å²) >= 11 is 12.3. The van der Waals surface area contributed by atoms with Crippen LogP contribution in [-0.2, 0) is 0 Å². The Morgan fingerprint density at radius 1 is 1.19 bits per heavy atom. The summed E-state index contributed by atoms with van der Waals surface area (Å²) in [5.41, 5.74) is 8.22. The van der Waals surface area contributed by atoms with E-state index in [9.17, 15) is 14.3 Å². The summed E-state index contributed by atoms with van der Waals surface area (Å²) in [6, 6.07) is 11.1. The summed E-state index contributed by atoms with van der Waals surface area (Å²) in [4.78, 5) is 16.3. The molecular weight excluding hydrogens is 456 g/mol. The second-order valence-electron chi connectivity index (χ2n) is 7.26. The predicted octanol–water partition coefficient (Wildman–Crippen LogP) is 5.03. The van der Waals surface area contributed by atoms with Crippen molar-refractivity contribution in [1.29, 1.82) is 0 Å². The number of halogens is 3. The zero-order valence-corrected chi connectivity index (χ0v) is 18.9. The van der Waals surface area contributed by atoms with E-state index in [0.717, 1.165) is 5.56 Å². The molecule has 2 atom stereocenters. The van der Waals surface area contributed by atoms with Gasteiger partial charge in [0.1, 0.15) is 11.9 Å². The average molecular weight is 478 g/mol. The maximum absolute atomic E-state index is 13.9. The molecule has 2 aromatic carbocycles. The molecule has 0 aliphatic carbocycles. The summed E-state index contributed by atoms with van der Waals surface area (Å²) in [6.07, 6.45) is 0.263. The second-order valence-corrected chi connectivity index (χ2v) is 8.05. The number of amides is 1. The number of ether oxygens (including phenoxy) is 1. The van der Waals surface area contributed by atoms with E-state index in [0.29, 0.717) is 16.7 Å². The Kier molecular flexibility index (Phi) is 7.56. The lowest BCUT2D eigenvalue weighted by Crippen LogP contribution is -2.30. The number of nitrogen functional groups attached to an aromatic ring is 1. The number of aliphatic hydroxyl groups excluding tert-OH is 1. The standard InChI is InChI=1S/C23H22Cl2FN3O3/c1-12(30)10-29-23(31)15-5-3-14(4-6-15)16-9-19(22(27)28-11-16)32-13(2)20-17(24)7-8-18(26)21(20)25/h3-9,11-13,30H,10H2,1-2H3,(H2,27,28)(H,29,31). The normalized spacial score (nSPS) is 12.8. The third kappa shape index (κ3) is 5.48. The van der Waals surface area contributed by atoms with Crippen LogP contribution >= 0.6 is 23.2 Å². The molecule has 1 aromatic heterocycles. The monoisotopic (exact) mass is 477 g/mol. The summed E-state index contributed by atoms with van der Waals surface area (Å²) < 4.78 is 19.8. The molecule has 32 heavy (non-hydrogen) atoms. The molecule has 1 heterocycles. The van der Waals surface area contributed by atoms with E-state index in [4.69, 9.17) is 33.7 Å². The first kappa shape index (κ1) is 23.8. The van der Waals surface area contributed by atoms with Crippen LogP contribution in [0.15, 0.2) is 48.7 Å². The number of nitrogens with two attached hydrogens (primary N) is 1. The van der Waals surface area contributed by atoms with E-state index in [2.05, 4.69) is 10.3 Å². The summed E-state index contributed by atoms with van der Waals surface area (Å²) in [5.74, 6) is -0.447. The molecule has 168 valence electrons. The number of hydrogen-bond donors (Lipinski definition) is 3. The molecule has 2 unspecified atom stereocenters. The highest BCUT2D eigenvalue weighted by Gasteiger charge is 2.20. The van der Waals surface area contributed by atoms with Crippen molar-refractivity contribution in [2.75, 3.05) is 12.3 Å². The Balaban J connectivity index is 1.82. The highest BCUT2D eigenvalue weighted by atomic mass is 35.5. The highest BCUT2D eigenvalue weighted by molar-refractivity contribution is 6.36. The zero-order valence-electron chi connectivity index (χ0n) is 17.4. The van der Waals surface area contributed by atoms with Crippen LogP contribution in [0.5, 0.6) is 5.75 Å². The van der Waals surface area contributed by atoms with E-state index in [-0.39, 0.29) is 34.1 Å². The molecular formula is C23H22Cl2FN3O3. The number of nitrogens with one attached hydrogen (secondary N) is 1. The molecule has 0 aliphatic heterocycles. The molecule has 3 rings (SSSR count). The number of carbonyl (C=O) groups is 1. The first-order valence-corrected chi connectivity index (χ1v) is 10.5. The van der Waals surface area contributed by atoms with Gasteiger partial charge in [0.2, 0.25) is 0 Å². The minimum atomic E-state index is -0.690. The van der Waals surface area contributed by atoms with E-state index >= 15 is 0 Å². The Morgan fingerprint density at radius 3 is 2.53 bits per heavy atom. The van der Waals surface area contributed by atoms with Crippen LogP contribution in [0, 0.1) is 5.82 Å². The van der Waals surface area contributed by atoms with Crippen molar-refractivity contribution in [3.63, 3.8) is 0 Å². The Hall–Kier alpha value is -2.87. The fraction of sp³-hybridized carbons (Fsp3) is 0.217. The Bertz CT molecular complexity index is 1120. The van der Waals surface area contributed by atoms with Gasteiger partial charge in [0.05, 0.1) is 11.1 Å². The first-order valence-electron chi connectivity index (χ1n) is 9.79. The van der Waals surface area contributed by atoms with Gasteiger partial charge in [-0.2, -0.15) is 0 Å². The van der Waals surface area contributed by atoms with Crippen LogP contribution in [0.2, 0.25) is 10.0 Å². The van der Waals surface area contributed by atoms with Crippen molar-refractivity contribution < 1.29 is 19.0 Å². The number of benzene rings is 2. The quantitative estimate of drug-likeness (QED) is 0.414. The highest BCUT2D eigenvalue weighted by Crippen LogP contribution is 2.37. The summed E-state index contributed by atoms with van der Waals surface area (Å²) in [5, 5.41) is 12.1. The minimum absolute atomic E-state index is 0.114. The lowest BCUT2D eigenvalue weighted by Gasteiger charge is -2.19. The second kappa shape index (κ2) is 10.2. The van der Waals surface area contributed by atoms with Crippen LogP contribution in [0.4, 0.5) is 10.2 Å². The van der Waals surface area contributed by atoms with Gasteiger partial charge in [0, 0.05) is 34.5 Å². The van der Waals surface area contributed by atoms with Gasteiger partial charge in [-0.15, -0.1) is 0 Å². The third-order valence-corrected chi connectivity index (χ3v) is 5.42. The number of aliphatic hydroxyl groups is 1. The molecule has 0 radical (unpaired) electrons. The lowest BCUT2D eigenvalue weighted by molar-refractivity contribution is 0.0924. The summed E-state index contributed by atoms with van der Waals surface area (Å²) in [7, 11) is 0. The number of hydrogen-bond acceptors (Lipinski definition) is 5. The minimum Gasteiger partial charge on any atom is -0.482 e. The Labute approximate surface area is 195 Å². The van der Waals surface area contributed by atoms with Crippen molar-refractivity contribution in [3.05, 3.63) is 75.7 Å². The van der Waals surface area contributed by atoms with Crippen molar-refractivity contribution >= 4 is 34.9 Å². The van der Waals surface area contributed by atoms with Gasteiger partial charge >= 0.3 is 0 Å². The van der Waals surface area contributed by atoms with Gasteiger partial charge in [0.15, 0.2) is 11.6 Å². The maximum atomic E-state index is 13.9. The molecule has 9 heteroatoms. The molecule has 0 bridgehead atoms. The number of pyridine rings is 1. The van der Waals surface area contributed by atoms with Gasteiger partial charge in [-0.05, 0) is 49.7 Å².